The van der Waals surface area contributed by atoms with Crippen molar-refractivity contribution >= 4 is 15.9 Å². The maximum absolute atomic E-state index is 12.1. The predicted octanol–water partition coefficient (Wildman–Crippen LogP) is 2.82. The average Bonchev–Trinajstić information content (AvgIpc) is 2.27. The molecule has 0 amide bonds. The molecule has 1 aromatic carbocycles. The van der Waals surface area contributed by atoms with Crippen LogP contribution < -0.4 is 9.47 Å². The average molecular weight is 331 g/mol. The molecule has 0 radical (unpaired) electrons. The Morgan fingerprint density at radius 2 is 2.00 bits per heavy atom. The molecular formula is C10H10BrF3O4. The van der Waals surface area contributed by atoms with Crippen LogP contribution in [-0.4, -0.2) is 25.4 Å². The van der Waals surface area contributed by atoms with Crippen LogP contribution >= 0.6 is 15.9 Å². The summed E-state index contributed by atoms with van der Waals surface area (Å²) in [6.07, 6.45) is -4.81. The van der Waals surface area contributed by atoms with Crippen molar-refractivity contribution in [1.82, 2.24) is 0 Å². The molecule has 0 bridgehead atoms. The number of alkyl halides is 3. The summed E-state index contributed by atoms with van der Waals surface area (Å²) in [5, 5.41) is 9.04. The van der Waals surface area contributed by atoms with E-state index < -0.39 is 18.7 Å². The molecule has 1 N–H and O–H groups in total. The van der Waals surface area contributed by atoms with E-state index in [2.05, 4.69) is 25.4 Å². The monoisotopic (exact) mass is 330 g/mol. The largest absolute Gasteiger partial charge is 0.573 e. The van der Waals surface area contributed by atoms with Crippen molar-refractivity contribution in [1.29, 1.82) is 0 Å². The predicted molar refractivity (Wildman–Crippen MR) is 59.3 cm³/mol. The standard InChI is InChI=1S/C10H10BrF3O4/c1-16-5-17-8-3-7(18-10(12,13)14)2-6(4-15)9(8)11/h2-3,15H,4-5H2,1H3. The van der Waals surface area contributed by atoms with Gasteiger partial charge in [0.2, 0.25) is 0 Å². The van der Waals surface area contributed by atoms with Crippen LogP contribution in [0.1, 0.15) is 5.56 Å². The van der Waals surface area contributed by atoms with Crippen molar-refractivity contribution in [2.45, 2.75) is 13.0 Å². The highest BCUT2D eigenvalue weighted by Gasteiger charge is 2.31. The van der Waals surface area contributed by atoms with Gasteiger partial charge in [0, 0.05) is 13.2 Å². The highest BCUT2D eigenvalue weighted by molar-refractivity contribution is 9.10. The van der Waals surface area contributed by atoms with E-state index in [0.717, 1.165) is 12.1 Å². The molecule has 0 aliphatic heterocycles. The molecule has 0 aromatic heterocycles. The fourth-order valence-corrected chi connectivity index (χ4v) is 1.63. The Labute approximate surface area is 109 Å². The SMILES string of the molecule is COCOc1cc(OC(F)(F)F)cc(CO)c1Br. The topological polar surface area (TPSA) is 47.9 Å². The normalized spacial score (nSPS) is 11.4. The number of aliphatic hydroxyl groups excluding tert-OH is 1. The third-order valence-corrected chi connectivity index (χ3v) is 2.72. The first-order chi connectivity index (χ1) is 8.37. The highest BCUT2D eigenvalue weighted by atomic mass is 79.9. The first-order valence-corrected chi connectivity index (χ1v) is 5.47. The number of hydrogen-bond acceptors (Lipinski definition) is 4. The molecule has 0 atom stereocenters. The minimum absolute atomic E-state index is 0.0858. The van der Waals surface area contributed by atoms with Gasteiger partial charge in [0.25, 0.3) is 0 Å². The lowest BCUT2D eigenvalue weighted by molar-refractivity contribution is -0.274. The molecule has 0 aliphatic carbocycles. The first-order valence-electron chi connectivity index (χ1n) is 4.68. The lowest BCUT2D eigenvalue weighted by Gasteiger charge is -2.14. The minimum Gasteiger partial charge on any atom is -0.466 e. The number of hydrogen-bond donors (Lipinski definition) is 1. The molecule has 0 fully saturated rings. The first kappa shape index (κ1) is 15.1. The lowest BCUT2D eigenvalue weighted by atomic mass is 10.2. The molecular weight excluding hydrogens is 321 g/mol. The van der Waals surface area contributed by atoms with E-state index in [1.54, 1.807) is 0 Å². The Kier molecular flexibility index (Phi) is 5.24. The number of halogens is 4. The maximum Gasteiger partial charge on any atom is 0.573 e. The summed E-state index contributed by atoms with van der Waals surface area (Å²) in [4.78, 5) is 0. The van der Waals surface area contributed by atoms with Gasteiger partial charge in [-0.1, -0.05) is 0 Å². The second kappa shape index (κ2) is 6.26. The Morgan fingerprint density at radius 1 is 1.33 bits per heavy atom. The van der Waals surface area contributed by atoms with E-state index in [9.17, 15) is 13.2 Å². The fourth-order valence-electron chi connectivity index (χ4n) is 1.16. The van der Waals surface area contributed by atoms with Crippen molar-refractivity contribution in [3.63, 3.8) is 0 Å². The molecule has 0 heterocycles. The zero-order valence-corrected chi connectivity index (χ0v) is 10.8. The second-order valence-corrected chi connectivity index (χ2v) is 3.94. The molecule has 18 heavy (non-hydrogen) atoms. The van der Waals surface area contributed by atoms with Gasteiger partial charge in [-0.2, -0.15) is 0 Å². The smallest absolute Gasteiger partial charge is 0.466 e. The maximum atomic E-state index is 12.1. The van der Waals surface area contributed by atoms with E-state index in [0.29, 0.717) is 4.47 Å². The van der Waals surface area contributed by atoms with Gasteiger partial charge >= 0.3 is 6.36 Å². The van der Waals surface area contributed by atoms with E-state index in [1.807, 2.05) is 0 Å². The van der Waals surface area contributed by atoms with Gasteiger partial charge in [0.05, 0.1) is 11.1 Å². The van der Waals surface area contributed by atoms with E-state index >= 15 is 0 Å². The molecule has 102 valence electrons. The van der Waals surface area contributed by atoms with Gasteiger partial charge in [-0.3, -0.25) is 0 Å². The molecule has 1 aromatic rings. The summed E-state index contributed by atoms with van der Waals surface area (Å²) >= 11 is 3.11. The summed E-state index contributed by atoms with van der Waals surface area (Å²) in [6.45, 7) is -0.599. The van der Waals surface area contributed by atoms with Crippen molar-refractivity contribution in [3.05, 3.63) is 22.2 Å². The third-order valence-electron chi connectivity index (χ3n) is 1.82. The minimum atomic E-state index is -4.81. The fraction of sp³-hybridized carbons (Fsp3) is 0.400. The lowest BCUT2D eigenvalue weighted by Crippen LogP contribution is -2.17. The zero-order valence-electron chi connectivity index (χ0n) is 9.25. The molecule has 0 aliphatic rings. The van der Waals surface area contributed by atoms with E-state index in [4.69, 9.17) is 9.84 Å². The Balaban J connectivity index is 3.05. The molecule has 0 saturated heterocycles. The van der Waals surface area contributed by atoms with Gasteiger partial charge < -0.3 is 19.3 Å². The summed E-state index contributed by atoms with van der Waals surface area (Å²) in [5.74, 6) is -0.386. The molecule has 4 nitrogen and oxygen atoms in total. The quantitative estimate of drug-likeness (QED) is 0.843. The van der Waals surface area contributed by atoms with Crippen molar-refractivity contribution in [3.8, 4) is 11.5 Å². The Morgan fingerprint density at radius 3 is 2.50 bits per heavy atom. The summed E-state index contributed by atoms with van der Waals surface area (Å²) in [6, 6.07) is 2.12. The Bertz CT molecular complexity index is 409. The Hall–Kier alpha value is -0.990. The van der Waals surface area contributed by atoms with Crippen LogP contribution in [0.2, 0.25) is 0 Å². The van der Waals surface area contributed by atoms with Gasteiger partial charge in [-0.05, 0) is 27.6 Å². The van der Waals surface area contributed by atoms with Crippen molar-refractivity contribution < 1.29 is 32.5 Å². The van der Waals surface area contributed by atoms with E-state index in [1.165, 1.54) is 7.11 Å². The van der Waals surface area contributed by atoms with Crippen LogP contribution in [0.15, 0.2) is 16.6 Å². The molecule has 8 heteroatoms. The highest BCUT2D eigenvalue weighted by Crippen LogP contribution is 2.35. The van der Waals surface area contributed by atoms with Gasteiger partial charge in [0.1, 0.15) is 11.5 Å². The molecule has 1 rings (SSSR count). The van der Waals surface area contributed by atoms with Crippen LogP contribution in [0.3, 0.4) is 0 Å². The van der Waals surface area contributed by atoms with Crippen LogP contribution in [0, 0.1) is 0 Å². The van der Waals surface area contributed by atoms with Gasteiger partial charge in [-0.15, -0.1) is 13.2 Å². The van der Waals surface area contributed by atoms with Crippen molar-refractivity contribution in [2.24, 2.45) is 0 Å². The third kappa shape index (κ3) is 4.35. The molecule has 0 saturated carbocycles. The van der Waals surface area contributed by atoms with Crippen LogP contribution in [0.4, 0.5) is 13.2 Å². The number of benzene rings is 1. The molecule has 0 unspecified atom stereocenters. The van der Waals surface area contributed by atoms with Gasteiger partial charge in [0.15, 0.2) is 6.79 Å². The van der Waals surface area contributed by atoms with Crippen LogP contribution in [-0.2, 0) is 11.3 Å². The van der Waals surface area contributed by atoms with Gasteiger partial charge in [-0.25, -0.2) is 0 Å². The van der Waals surface area contributed by atoms with Crippen LogP contribution in [0.5, 0.6) is 11.5 Å². The van der Waals surface area contributed by atoms with E-state index in [-0.39, 0.29) is 18.1 Å². The summed E-state index contributed by atoms with van der Waals surface area (Å²) < 4.78 is 50.1. The van der Waals surface area contributed by atoms with Crippen molar-refractivity contribution in [2.75, 3.05) is 13.9 Å². The summed E-state index contributed by atoms with van der Waals surface area (Å²) in [5.41, 5.74) is 0.211. The number of ether oxygens (including phenoxy) is 3. The van der Waals surface area contributed by atoms with Crippen LogP contribution in [0.25, 0.3) is 0 Å². The number of aliphatic hydroxyl groups is 1. The zero-order chi connectivity index (χ0) is 13.8. The second-order valence-electron chi connectivity index (χ2n) is 3.15. The molecule has 0 spiro atoms. The summed E-state index contributed by atoms with van der Waals surface area (Å²) in [7, 11) is 1.37. The number of rotatable bonds is 5. The number of methoxy groups -OCH3 is 1.